The smallest absolute Gasteiger partial charge is 0.193 e. The van der Waals surface area contributed by atoms with Gasteiger partial charge in [-0.25, -0.2) is 0 Å². The summed E-state index contributed by atoms with van der Waals surface area (Å²) in [6, 6.07) is 10.1. The molecule has 0 heterocycles. The Morgan fingerprint density at radius 2 is 1.84 bits per heavy atom. The van der Waals surface area contributed by atoms with Crippen LogP contribution in [0.25, 0.3) is 0 Å². The van der Waals surface area contributed by atoms with Gasteiger partial charge in [0.25, 0.3) is 0 Å². The summed E-state index contributed by atoms with van der Waals surface area (Å²) in [7, 11) is -1.87. The standard InChI is InChI=1S/C15H24O2SSi/c1-15(2,3)19(4,5)17-13(11-16)12-18-14-9-7-6-8-10-14/h6-11,13H,12H2,1-5H3. The van der Waals surface area contributed by atoms with E-state index in [-0.39, 0.29) is 11.1 Å². The molecule has 0 aliphatic rings. The van der Waals surface area contributed by atoms with E-state index in [9.17, 15) is 4.79 Å². The molecule has 0 aliphatic heterocycles. The van der Waals surface area contributed by atoms with E-state index in [4.69, 9.17) is 4.43 Å². The van der Waals surface area contributed by atoms with Crippen molar-refractivity contribution in [2.45, 2.75) is 49.9 Å². The molecule has 1 rings (SSSR count). The minimum absolute atomic E-state index is 0.131. The first kappa shape index (κ1) is 16.5. The Balaban J connectivity index is 2.58. The van der Waals surface area contributed by atoms with Gasteiger partial charge in [-0.1, -0.05) is 39.0 Å². The Morgan fingerprint density at radius 1 is 1.26 bits per heavy atom. The Labute approximate surface area is 122 Å². The van der Waals surface area contributed by atoms with Gasteiger partial charge in [-0.05, 0) is 30.3 Å². The average molecular weight is 297 g/mol. The second-order valence-corrected chi connectivity index (χ2v) is 12.0. The van der Waals surface area contributed by atoms with Crippen LogP contribution in [0.15, 0.2) is 35.2 Å². The normalized spacial score (nSPS) is 14.2. The first-order valence-electron chi connectivity index (χ1n) is 6.57. The number of hydrogen-bond donors (Lipinski definition) is 0. The highest BCUT2D eigenvalue weighted by Gasteiger charge is 2.39. The van der Waals surface area contributed by atoms with Gasteiger partial charge in [-0.3, -0.25) is 0 Å². The SMILES string of the molecule is CC(C)(C)[Si](C)(C)OC(C=O)CSc1ccccc1. The van der Waals surface area contributed by atoms with Crippen LogP contribution in [0, 0.1) is 0 Å². The second-order valence-electron chi connectivity index (χ2n) is 6.18. The number of aldehydes is 1. The number of thioether (sulfide) groups is 1. The van der Waals surface area contributed by atoms with Crippen molar-refractivity contribution in [3.63, 3.8) is 0 Å². The fraction of sp³-hybridized carbons (Fsp3) is 0.533. The van der Waals surface area contributed by atoms with Gasteiger partial charge in [0.15, 0.2) is 8.32 Å². The van der Waals surface area contributed by atoms with E-state index in [2.05, 4.69) is 46.0 Å². The maximum absolute atomic E-state index is 11.2. The summed E-state index contributed by atoms with van der Waals surface area (Å²) < 4.78 is 6.12. The Kier molecular flexibility index (Phi) is 5.83. The molecular weight excluding hydrogens is 272 g/mol. The highest BCUT2D eigenvalue weighted by molar-refractivity contribution is 7.99. The maximum atomic E-state index is 11.2. The van der Waals surface area contributed by atoms with Crippen molar-refractivity contribution in [3.8, 4) is 0 Å². The third-order valence-corrected chi connectivity index (χ3v) is 9.17. The fourth-order valence-corrected chi connectivity index (χ4v) is 3.57. The lowest BCUT2D eigenvalue weighted by Gasteiger charge is -2.37. The van der Waals surface area contributed by atoms with Crippen molar-refractivity contribution in [2.75, 3.05) is 5.75 Å². The summed E-state index contributed by atoms with van der Waals surface area (Å²) in [6.45, 7) is 10.9. The lowest BCUT2D eigenvalue weighted by atomic mass is 10.2. The molecule has 1 aromatic carbocycles. The predicted molar refractivity (Wildman–Crippen MR) is 85.3 cm³/mol. The lowest BCUT2D eigenvalue weighted by Crippen LogP contribution is -2.45. The van der Waals surface area contributed by atoms with Gasteiger partial charge in [-0.15, -0.1) is 11.8 Å². The third kappa shape index (κ3) is 5.13. The van der Waals surface area contributed by atoms with Gasteiger partial charge in [0.1, 0.15) is 12.4 Å². The van der Waals surface area contributed by atoms with Crippen LogP contribution in [0.5, 0.6) is 0 Å². The number of benzene rings is 1. The molecule has 0 radical (unpaired) electrons. The van der Waals surface area contributed by atoms with Crippen LogP contribution < -0.4 is 0 Å². The second kappa shape index (κ2) is 6.73. The number of carbonyl (C=O) groups is 1. The highest BCUT2D eigenvalue weighted by atomic mass is 32.2. The summed E-state index contributed by atoms with van der Waals surface area (Å²) in [5, 5.41) is 0.131. The molecule has 1 unspecified atom stereocenters. The Morgan fingerprint density at radius 3 is 2.32 bits per heavy atom. The summed E-state index contributed by atoms with van der Waals surface area (Å²) in [6.07, 6.45) is 0.627. The van der Waals surface area contributed by atoms with Crippen LogP contribution in [-0.4, -0.2) is 26.5 Å². The number of carbonyl (C=O) groups excluding carboxylic acids is 1. The average Bonchev–Trinajstić information content (AvgIpc) is 2.34. The summed E-state index contributed by atoms with van der Waals surface area (Å²) in [5.41, 5.74) is 0. The van der Waals surface area contributed by atoms with Crippen LogP contribution in [0.4, 0.5) is 0 Å². The molecule has 0 bridgehead atoms. The van der Waals surface area contributed by atoms with Gasteiger partial charge in [0, 0.05) is 10.6 Å². The molecule has 0 spiro atoms. The quantitative estimate of drug-likeness (QED) is 0.443. The molecule has 0 aliphatic carbocycles. The van der Waals surface area contributed by atoms with Gasteiger partial charge in [-0.2, -0.15) is 0 Å². The zero-order valence-electron chi connectivity index (χ0n) is 12.5. The highest BCUT2D eigenvalue weighted by Crippen LogP contribution is 2.37. The molecule has 1 atom stereocenters. The molecule has 4 heteroatoms. The van der Waals surface area contributed by atoms with E-state index in [1.54, 1.807) is 11.8 Å². The zero-order valence-corrected chi connectivity index (χ0v) is 14.3. The van der Waals surface area contributed by atoms with Crippen LogP contribution in [0.1, 0.15) is 20.8 Å². The molecular formula is C15H24O2SSi. The van der Waals surface area contributed by atoms with E-state index in [0.717, 1.165) is 6.29 Å². The molecule has 0 aromatic heterocycles. The molecule has 19 heavy (non-hydrogen) atoms. The first-order chi connectivity index (χ1) is 8.76. The largest absolute Gasteiger partial charge is 0.406 e. The van der Waals surface area contributed by atoms with Gasteiger partial charge < -0.3 is 9.22 Å². The number of rotatable bonds is 6. The molecule has 0 amide bonds. The number of hydrogen-bond acceptors (Lipinski definition) is 3. The molecule has 0 saturated heterocycles. The summed E-state index contributed by atoms with van der Waals surface area (Å²) in [5.74, 6) is 0.681. The predicted octanol–water partition coefficient (Wildman–Crippen LogP) is 4.37. The first-order valence-corrected chi connectivity index (χ1v) is 10.5. The zero-order chi connectivity index (χ0) is 14.5. The van der Waals surface area contributed by atoms with Gasteiger partial charge in [0.05, 0.1) is 0 Å². The summed E-state index contributed by atoms with van der Waals surface area (Å²) in [4.78, 5) is 12.4. The minimum atomic E-state index is -1.87. The van der Waals surface area contributed by atoms with Crippen molar-refractivity contribution in [3.05, 3.63) is 30.3 Å². The van der Waals surface area contributed by atoms with E-state index >= 15 is 0 Å². The van der Waals surface area contributed by atoms with E-state index in [1.165, 1.54) is 4.90 Å². The van der Waals surface area contributed by atoms with Crippen LogP contribution in [0.2, 0.25) is 18.1 Å². The van der Waals surface area contributed by atoms with Crippen LogP contribution >= 0.6 is 11.8 Å². The van der Waals surface area contributed by atoms with Crippen molar-refractivity contribution in [1.29, 1.82) is 0 Å². The maximum Gasteiger partial charge on any atom is 0.193 e. The fourth-order valence-electron chi connectivity index (χ4n) is 1.35. The Hall–Kier alpha value is -0.583. The molecule has 0 fully saturated rings. The van der Waals surface area contributed by atoms with Gasteiger partial charge in [0.2, 0.25) is 0 Å². The van der Waals surface area contributed by atoms with Crippen molar-refractivity contribution < 1.29 is 9.22 Å². The van der Waals surface area contributed by atoms with Crippen LogP contribution in [0.3, 0.4) is 0 Å². The third-order valence-electron chi connectivity index (χ3n) is 3.56. The molecule has 1 aromatic rings. The topological polar surface area (TPSA) is 26.3 Å². The van der Waals surface area contributed by atoms with E-state index in [1.807, 2.05) is 18.2 Å². The molecule has 0 saturated carbocycles. The molecule has 0 N–H and O–H groups in total. The lowest BCUT2D eigenvalue weighted by molar-refractivity contribution is -0.113. The van der Waals surface area contributed by atoms with Gasteiger partial charge >= 0.3 is 0 Å². The Bertz CT molecular complexity index is 398. The minimum Gasteiger partial charge on any atom is -0.406 e. The van der Waals surface area contributed by atoms with E-state index < -0.39 is 8.32 Å². The van der Waals surface area contributed by atoms with Crippen LogP contribution in [-0.2, 0) is 9.22 Å². The van der Waals surface area contributed by atoms with Crippen molar-refractivity contribution in [2.24, 2.45) is 0 Å². The molecule has 106 valence electrons. The monoisotopic (exact) mass is 296 g/mol. The molecule has 2 nitrogen and oxygen atoms in total. The van der Waals surface area contributed by atoms with Crippen molar-refractivity contribution >= 4 is 26.4 Å². The summed E-state index contributed by atoms with van der Waals surface area (Å²) >= 11 is 1.67. The van der Waals surface area contributed by atoms with E-state index in [0.29, 0.717) is 5.75 Å². The van der Waals surface area contributed by atoms with Crippen molar-refractivity contribution in [1.82, 2.24) is 0 Å².